The van der Waals surface area contributed by atoms with Crippen molar-refractivity contribution < 1.29 is 24.3 Å². The molecule has 54 heavy (non-hydrogen) atoms. The highest BCUT2D eigenvalue weighted by atomic mass is 16.4. The molecule has 280 valence electrons. The SMILES string of the molecule is C.C#CCN.C#CCNC(=O)c1cccc(C2CC(=O)Cc3cc(C)c(C)cc3N2)c1.Cc1cc2c(cc1C)NC(c1cccc(C(=O)O)c1)CC(=O)C2. The fraction of sp³-hybridized carbons (Fsp3) is 0.289. The molecule has 0 saturated carbocycles. The lowest BCUT2D eigenvalue weighted by molar-refractivity contribution is -0.119. The molecule has 2 unspecified atom stereocenters. The van der Waals surface area contributed by atoms with Crippen molar-refractivity contribution in [1.29, 1.82) is 0 Å². The van der Waals surface area contributed by atoms with Crippen LogP contribution in [0.4, 0.5) is 11.4 Å². The van der Waals surface area contributed by atoms with Crippen LogP contribution >= 0.6 is 0 Å². The van der Waals surface area contributed by atoms with Crippen molar-refractivity contribution in [2.75, 3.05) is 23.7 Å². The number of terminal acetylenes is 2. The van der Waals surface area contributed by atoms with Crippen LogP contribution in [0.2, 0.25) is 0 Å². The summed E-state index contributed by atoms with van der Waals surface area (Å²) in [6.45, 7) is 8.74. The van der Waals surface area contributed by atoms with E-state index in [1.165, 1.54) is 22.3 Å². The normalized spacial score (nSPS) is 15.4. The number of anilines is 2. The Hall–Kier alpha value is -6.16. The number of carbonyl (C=O) groups excluding carboxylic acids is 3. The van der Waals surface area contributed by atoms with E-state index in [-0.39, 0.29) is 49.1 Å². The molecule has 2 aliphatic rings. The molecule has 4 aromatic rings. The molecule has 2 atom stereocenters. The number of nitrogens with one attached hydrogen (secondary N) is 3. The number of carbonyl (C=O) groups is 4. The second-order valence-electron chi connectivity index (χ2n) is 13.3. The van der Waals surface area contributed by atoms with Crippen molar-refractivity contribution in [2.45, 2.75) is 72.9 Å². The Bertz CT molecular complexity index is 2110. The summed E-state index contributed by atoms with van der Waals surface area (Å²) in [6, 6.07) is 22.1. The van der Waals surface area contributed by atoms with E-state index in [0.717, 1.165) is 33.6 Å². The van der Waals surface area contributed by atoms with E-state index in [1.54, 1.807) is 24.3 Å². The van der Waals surface area contributed by atoms with E-state index >= 15 is 0 Å². The van der Waals surface area contributed by atoms with Crippen molar-refractivity contribution in [1.82, 2.24) is 5.32 Å². The number of benzene rings is 4. The zero-order valence-corrected chi connectivity index (χ0v) is 30.6. The smallest absolute Gasteiger partial charge is 0.335 e. The maximum Gasteiger partial charge on any atom is 0.335 e. The maximum atomic E-state index is 12.4. The molecule has 6 N–H and O–H groups in total. The third kappa shape index (κ3) is 11.2. The van der Waals surface area contributed by atoms with Crippen LogP contribution in [0, 0.1) is 52.4 Å². The van der Waals surface area contributed by atoms with Crippen LogP contribution < -0.4 is 21.7 Å². The van der Waals surface area contributed by atoms with Gasteiger partial charge in [0, 0.05) is 42.6 Å². The second kappa shape index (κ2) is 19.6. The lowest BCUT2D eigenvalue weighted by Gasteiger charge is -2.19. The van der Waals surface area contributed by atoms with Crippen LogP contribution in [0.5, 0.6) is 0 Å². The summed E-state index contributed by atoms with van der Waals surface area (Å²) in [7, 11) is 0. The quantitative estimate of drug-likeness (QED) is 0.135. The number of ketones is 2. The molecule has 4 aromatic carbocycles. The Morgan fingerprint density at radius 2 is 1.17 bits per heavy atom. The number of carboxylic acids is 1. The fourth-order valence-electron chi connectivity index (χ4n) is 6.24. The molecular weight excluding hydrogens is 677 g/mol. The molecule has 0 bridgehead atoms. The first-order chi connectivity index (χ1) is 25.3. The predicted molar refractivity (Wildman–Crippen MR) is 217 cm³/mol. The van der Waals surface area contributed by atoms with Gasteiger partial charge in [0.2, 0.25) is 0 Å². The minimum Gasteiger partial charge on any atom is -0.478 e. The summed E-state index contributed by atoms with van der Waals surface area (Å²) in [6.07, 6.45) is 11.4. The van der Waals surface area contributed by atoms with Crippen LogP contribution in [-0.4, -0.2) is 41.6 Å². The zero-order valence-electron chi connectivity index (χ0n) is 30.6. The molecule has 2 aliphatic heterocycles. The van der Waals surface area contributed by atoms with Gasteiger partial charge in [-0.3, -0.25) is 14.4 Å². The largest absolute Gasteiger partial charge is 0.478 e. The van der Waals surface area contributed by atoms with Gasteiger partial charge in [-0.1, -0.05) is 55.7 Å². The first-order valence-corrected chi connectivity index (χ1v) is 17.4. The van der Waals surface area contributed by atoms with Crippen LogP contribution in [0.25, 0.3) is 0 Å². The van der Waals surface area contributed by atoms with Gasteiger partial charge in [-0.25, -0.2) is 4.79 Å². The number of carboxylic acid groups (broad SMARTS) is 1. The summed E-state index contributed by atoms with van der Waals surface area (Å²) in [5, 5.41) is 18.7. The Labute approximate surface area is 319 Å². The van der Waals surface area contributed by atoms with E-state index in [2.05, 4.69) is 72.3 Å². The molecule has 6 rings (SSSR count). The standard InChI is InChI=1S/C22H22N2O2.C19H19NO3.C3H5N.CH4/c1-4-8-23-22(26)17-7-5-6-16(11-17)21-13-19(25)12-18-9-14(2)15(3)10-20(18)24-21;1-11-6-15-9-16(21)10-18(20-17(15)7-12(11)2)13-4-3-5-14(8-13)19(22)23;1-2-3-4;/h1,5-7,9-11,21,24H,8,12-13H2,2-3H3,(H,23,26);3-8,18,20H,9-10H2,1-2H3,(H,22,23);1H,3-4H2;1H4. The molecule has 2 heterocycles. The number of aromatic carboxylic acids is 1. The Morgan fingerprint density at radius 1 is 0.741 bits per heavy atom. The first-order valence-electron chi connectivity index (χ1n) is 17.4. The topological polar surface area (TPSA) is 151 Å². The number of rotatable bonds is 5. The number of Topliss-reactive ketones (excluding diaryl/α,β-unsaturated/α-hetero) is 2. The average molecular weight is 727 g/mol. The van der Waals surface area contributed by atoms with Crippen molar-refractivity contribution in [3.8, 4) is 24.7 Å². The highest BCUT2D eigenvalue weighted by Crippen LogP contribution is 2.33. The molecule has 0 spiro atoms. The van der Waals surface area contributed by atoms with E-state index in [4.69, 9.17) is 17.3 Å². The zero-order chi connectivity index (χ0) is 38.7. The number of hydrogen-bond donors (Lipinski definition) is 5. The number of aryl methyl sites for hydroxylation is 4. The molecule has 0 fully saturated rings. The van der Waals surface area contributed by atoms with Crippen LogP contribution in [0.1, 0.15) is 97.6 Å². The predicted octanol–water partition coefficient (Wildman–Crippen LogP) is 7.22. The fourth-order valence-corrected chi connectivity index (χ4v) is 6.24. The number of amides is 1. The summed E-state index contributed by atoms with van der Waals surface area (Å²) >= 11 is 0. The van der Waals surface area contributed by atoms with E-state index < -0.39 is 5.97 Å². The minimum absolute atomic E-state index is 0. The van der Waals surface area contributed by atoms with Crippen LogP contribution in [-0.2, 0) is 22.4 Å². The summed E-state index contributed by atoms with van der Waals surface area (Å²) in [5.41, 5.74) is 16.0. The molecular formula is C45H50N4O5. The van der Waals surface area contributed by atoms with Crippen molar-refractivity contribution in [3.63, 3.8) is 0 Å². The van der Waals surface area contributed by atoms with Crippen LogP contribution in [0.3, 0.4) is 0 Å². The summed E-state index contributed by atoms with van der Waals surface area (Å²) in [5.74, 6) is 3.77. The van der Waals surface area contributed by atoms with Gasteiger partial charge in [-0.15, -0.1) is 12.8 Å². The maximum absolute atomic E-state index is 12.4. The molecule has 9 nitrogen and oxygen atoms in total. The number of hydrogen-bond acceptors (Lipinski definition) is 7. The summed E-state index contributed by atoms with van der Waals surface area (Å²) in [4.78, 5) is 48.1. The first kappa shape index (κ1) is 42.3. The van der Waals surface area contributed by atoms with Crippen molar-refractivity contribution >= 4 is 34.8 Å². The van der Waals surface area contributed by atoms with Gasteiger partial charge in [0.25, 0.3) is 5.91 Å². The molecule has 0 saturated heterocycles. The highest BCUT2D eigenvalue weighted by molar-refractivity contribution is 5.94. The highest BCUT2D eigenvalue weighted by Gasteiger charge is 2.25. The molecule has 1 amide bonds. The van der Waals surface area contributed by atoms with E-state index in [0.29, 0.717) is 37.8 Å². The Balaban J connectivity index is 0.000000261. The lowest BCUT2D eigenvalue weighted by Crippen LogP contribution is -2.24. The van der Waals surface area contributed by atoms with Gasteiger partial charge in [0.1, 0.15) is 11.6 Å². The Kier molecular flexibility index (Phi) is 15.3. The van der Waals surface area contributed by atoms with Gasteiger partial charge in [-0.2, -0.15) is 0 Å². The lowest BCUT2D eigenvalue weighted by atomic mass is 9.98. The van der Waals surface area contributed by atoms with Gasteiger partial charge in [-0.05, 0) is 109 Å². The Morgan fingerprint density at radius 3 is 1.59 bits per heavy atom. The third-order valence-electron chi connectivity index (χ3n) is 9.29. The van der Waals surface area contributed by atoms with E-state index in [9.17, 15) is 19.2 Å². The minimum atomic E-state index is -0.960. The number of fused-ring (bicyclic) bond motifs is 2. The average Bonchev–Trinajstić information content (AvgIpc) is 3.40. The second-order valence-corrected chi connectivity index (χ2v) is 13.3. The van der Waals surface area contributed by atoms with Crippen molar-refractivity contribution in [2.24, 2.45) is 5.73 Å². The summed E-state index contributed by atoms with van der Waals surface area (Å²) < 4.78 is 0. The molecule has 0 aromatic heterocycles. The molecule has 0 radical (unpaired) electrons. The van der Waals surface area contributed by atoms with Gasteiger partial charge < -0.3 is 26.8 Å². The van der Waals surface area contributed by atoms with Crippen molar-refractivity contribution in [3.05, 3.63) is 128 Å². The van der Waals surface area contributed by atoms with E-state index in [1.807, 2.05) is 38.1 Å². The molecule has 9 heteroatoms. The third-order valence-corrected chi connectivity index (χ3v) is 9.29. The van der Waals surface area contributed by atoms with Gasteiger partial charge >= 0.3 is 5.97 Å². The van der Waals surface area contributed by atoms with Gasteiger partial charge in [0.05, 0.1) is 30.7 Å². The molecule has 0 aliphatic carbocycles. The monoisotopic (exact) mass is 726 g/mol. The van der Waals surface area contributed by atoms with Gasteiger partial charge in [0.15, 0.2) is 0 Å². The van der Waals surface area contributed by atoms with Crippen LogP contribution in [0.15, 0.2) is 72.8 Å². The number of nitrogens with two attached hydrogens (primary N) is 1.